The van der Waals surface area contributed by atoms with Crippen molar-refractivity contribution in [1.29, 1.82) is 0 Å². The Morgan fingerprint density at radius 1 is 1.03 bits per heavy atom. The predicted octanol–water partition coefficient (Wildman–Crippen LogP) is 4.61. The van der Waals surface area contributed by atoms with Crippen LogP contribution < -0.4 is 0 Å². The van der Waals surface area contributed by atoms with Crippen molar-refractivity contribution in [3.63, 3.8) is 0 Å². The maximum Gasteiger partial charge on any atom is 0.305 e. The summed E-state index contributed by atoms with van der Waals surface area (Å²) in [6.45, 7) is 3.65. The van der Waals surface area contributed by atoms with Crippen LogP contribution in [0.3, 0.4) is 0 Å². The molecule has 2 aromatic carbocycles. The van der Waals surface area contributed by atoms with E-state index >= 15 is 0 Å². The lowest BCUT2D eigenvalue weighted by Gasteiger charge is -2.38. The highest BCUT2D eigenvalue weighted by Crippen LogP contribution is 2.37. The number of rotatable bonds is 11. The van der Waals surface area contributed by atoms with Crippen LogP contribution in [-0.2, 0) is 25.6 Å². The summed E-state index contributed by atoms with van der Waals surface area (Å²) in [5.41, 5.74) is 3.54. The lowest BCUT2D eigenvalue weighted by molar-refractivity contribution is -0.140. The number of aliphatic hydroxyl groups is 1. The summed E-state index contributed by atoms with van der Waals surface area (Å²) in [5, 5.41) is 11.0. The Balaban J connectivity index is 1.36. The van der Waals surface area contributed by atoms with E-state index in [1.807, 2.05) is 6.07 Å². The zero-order valence-corrected chi connectivity index (χ0v) is 21.3. The van der Waals surface area contributed by atoms with Gasteiger partial charge in [-0.05, 0) is 36.0 Å². The zero-order valence-electron chi connectivity index (χ0n) is 21.3. The minimum absolute atomic E-state index is 0.00474. The van der Waals surface area contributed by atoms with Crippen LogP contribution in [0.4, 0.5) is 0 Å². The lowest BCUT2D eigenvalue weighted by atomic mass is 9.93. The van der Waals surface area contributed by atoms with E-state index in [2.05, 4.69) is 65.6 Å². The molecule has 1 saturated carbocycles. The molecular formula is C30H39NO5. The van der Waals surface area contributed by atoms with Crippen LogP contribution in [0.5, 0.6) is 0 Å². The summed E-state index contributed by atoms with van der Waals surface area (Å²) in [7, 11) is 1.42. The van der Waals surface area contributed by atoms with Crippen LogP contribution in [0, 0.1) is 5.92 Å². The standard InChI is InChI=1S/C30H39NO5/c1-34-29(33)12-8-3-2-7-11-26-28(21-27(32)30(26)31-17-19-35-20-18-31)36-22-23-13-15-25(16-14-23)24-9-5-4-6-10-24/h2-6,9-10,13-16,26-28,30,32H,7-8,11-12,17-22H2,1H3/t26-,27+,28-,30+/m0/s1. The number of hydrogen-bond donors (Lipinski definition) is 1. The first-order valence-corrected chi connectivity index (χ1v) is 13.1. The highest BCUT2D eigenvalue weighted by atomic mass is 16.5. The molecule has 194 valence electrons. The molecule has 0 amide bonds. The number of nitrogens with zero attached hydrogens (tertiary/aromatic N) is 1. The van der Waals surface area contributed by atoms with Gasteiger partial charge in [0.1, 0.15) is 0 Å². The van der Waals surface area contributed by atoms with E-state index in [0.717, 1.165) is 31.5 Å². The lowest BCUT2D eigenvalue weighted by Crippen LogP contribution is -2.50. The van der Waals surface area contributed by atoms with E-state index in [9.17, 15) is 9.90 Å². The van der Waals surface area contributed by atoms with Gasteiger partial charge in [0, 0.05) is 37.9 Å². The average molecular weight is 494 g/mol. The Morgan fingerprint density at radius 2 is 1.72 bits per heavy atom. The second-order valence-electron chi connectivity index (χ2n) is 9.68. The molecule has 0 aromatic heterocycles. The monoisotopic (exact) mass is 493 g/mol. The van der Waals surface area contributed by atoms with Crippen molar-refractivity contribution in [3.8, 4) is 11.1 Å². The molecule has 1 saturated heterocycles. The van der Waals surface area contributed by atoms with Crippen molar-refractivity contribution in [1.82, 2.24) is 4.90 Å². The van der Waals surface area contributed by atoms with Crippen molar-refractivity contribution in [3.05, 3.63) is 72.3 Å². The molecule has 36 heavy (non-hydrogen) atoms. The van der Waals surface area contributed by atoms with Crippen LogP contribution in [0.25, 0.3) is 11.1 Å². The fourth-order valence-corrected chi connectivity index (χ4v) is 5.45. The van der Waals surface area contributed by atoms with Crippen LogP contribution in [0.2, 0.25) is 0 Å². The number of aliphatic hydroxyl groups excluding tert-OH is 1. The maximum absolute atomic E-state index is 11.3. The first-order valence-electron chi connectivity index (χ1n) is 13.1. The highest BCUT2D eigenvalue weighted by Gasteiger charge is 2.45. The molecular weight excluding hydrogens is 454 g/mol. The third-order valence-electron chi connectivity index (χ3n) is 7.35. The van der Waals surface area contributed by atoms with Crippen LogP contribution in [0.1, 0.15) is 37.7 Å². The Kier molecular flexibility index (Phi) is 10.1. The van der Waals surface area contributed by atoms with Gasteiger partial charge in [0.05, 0.1) is 39.1 Å². The SMILES string of the molecule is COC(=O)CCC=CCC[C@@H]1[C@@H](N2CCOCC2)[C@H](O)C[C@@H]1OCc1ccc(-c2ccccc2)cc1. The number of hydrogen-bond acceptors (Lipinski definition) is 6. The predicted molar refractivity (Wildman–Crippen MR) is 140 cm³/mol. The summed E-state index contributed by atoms with van der Waals surface area (Å²) in [5.74, 6) is 0.0585. The first-order chi connectivity index (χ1) is 17.7. The maximum atomic E-state index is 11.3. The third kappa shape index (κ3) is 7.26. The molecule has 6 nitrogen and oxygen atoms in total. The molecule has 2 aromatic rings. The first kappa shape index (κ1) is 26.6. The molecule has 1 aliphatic heterocycles. The topological polar surface area (TPSA) is 68.2 Å². The molecule has 0 spiro atoms. The molecule has 2 aliphatic rings. The van der Waals surface area contributed by atoms with Gasteiger partial charge in [-0.3, -0.25) is 9.69 Å². The molecule has 1 heterocycles. The number of carbonyl (C=O) groups excluding carboxylic acids is 1. The van der Waals surface area contributed by atoms with Crippen molar-refractivity contribution >= 4 is 5.97 Å². The molecule has 0 bridgehead atoms. The van der Waals surface area contributed by atoms with Gasteiger partial charge >= 0.3 is 5.97 Å². The molecule has 1 aliphatic carbocycles. The van der Waals surface area contributed by atoms with Gasteiger partial charge in [-0.15, -0.1) is 0 Å². The third-order valence-corrected chi connectivity index (χ3v) is 7.35. The van der Waals surface area contributed by atoms with Gasteiger partial charge < -0.3 is 19.3 Å². The van der Waals surface area contributed by atoms with Gasteiger partial charge in [-0.2, -0.15) is 0 Å². The molecule has 2 fully saturated rings. The van der Waals surface area contributed by atoms with Gasteiger partial charge in [0.2, 0.25) is 0 Å². The smallest absolute Gasteiger partial charge is 0.305 e. The fraction of sp³-hybridized carbons (Fsp3) is 0.500. The summed E-state index contributed by atoms with van der Waals surface area (Å²) in [4.78, 5) is 13.7. The van der Waals surface area contributed by atoms with Crippen LogP contribution in [0.15, 0.2) is 66.7 Å². The summed E-state index contributed by atoms with van der Waals surface area (Å²) >= 11 is 0. The van der Waals surface area contributed by atoms with Crippen molar-refractivity contribution < 1.29 is 24.1 Å². The second kappa shape index (κ2) is 13.7. The van der Waals surface area contributed by atoms with Crippen molar-refractivity contribution in [2.45, 2.75) is 57.0 Å². The Labute approximate surface area is 214 Å². The Hall–Kier alpha value is -2.51. The minimum Gasteiger partial charge on any atom is -0.469 e. The van der Waals surface area contributed by atoms with E-state index in [1.165, 1.54) is 18.2 Å². The molecule has 6 heteroatoms. The minimum atomic E-state index is -0.401. The number of benzene rings is 2. The summed E-state index contributed by atoms with van der Waals surface area (Å²) in [6, 6.07) is 19.0. The van der Waals surface area contributed by atoms with E-state index < -0.39 is 6.10 Å². The molecule has 0 radical (unpaired) electrons. The molecule has 1 N–H and O–H groups in total. The number of morpholine rings is 1. The largest absolute Gasteiger partial charge is 0.469 e. The summed E-state index contributed by atoms with van der Waals surface area (Å²) in [6.07, 6.45) is 7.37. The molecule has 4 atom stereocenters. The van der Waals surface area contributed by atoms with E-state index in [-0.39, 0.29) is 24.0 Å². The van der Waals surface area contributed by atoms with Crippen LogP contribution in [-0.4, -0.2) is 67.6 Å². The molecule has 0 unspecified atom stereocenters. The second-order valence-corrected chi connectivity index (χ2v) is 9.68. The quantitative estimate of drug-likeness (QED) is 0.364. The summed E-state index contributed by atoms with van der Waals surface area (Å²) < 4.78 is 16.7. The zero-order chi connectivity index (χ0) is 25.2. The average Bonchev–Trinajstić information content (AvgIpc) is 3.25. The van der Waals surface area contributed by atoms with Crippen LogP contribution >= 0.6 is 0 Å². The van der Waals surface area contributed by atoms with E-state index in [0.29, 0.717) is 39.1 Å². The van der Waals surface area contributed by atoms with E-state index in [1.54, 1.807) is 0 Å². The van der Waals surface area contributed by atoms with Crippen molar-refractivity contribution in [2.24, 2.45) is 5.92 Å². The number of allylic oxidation sites excluding steroid dienone is 2. The number of esters is 1. The number of carbonyl (C=O) groups is 1. The van der Waals surface area contributed by atoms with Gasteiger partial charge in [0.15, 0.2) is 0 Å². The van der Waals surface area contributed by atoms with Gasteiger partial charge in [-0.1, -0.05) is 66.7 Å². The fourth-order valence-electron chi connectivity index (χ4n) is 5.45. The van der Waals surface area contributed by atoms with E-state index in [4.69, 9.17) is 14.2 Å². The van der Waals surface area contributed by atoms with Gasteiger partial charge in [0.25, 0.3) is 0 Å². The molecule has 4 rings (SSSR count). The Morgan fingerprint density at radius 3 is 2.44 bits per heavy atom. The van der Waals surface area contributed by atoms with Gasteiger partial charge in [-0.25, -0.2) is 0 Å². The Bertz CT molecular complexity index is 955. The van der Waals surface area contributed by atoms with Crippen molar-refractivity contribution in [2.75, 3.05) is 33.4 Å². The normalized spacial score (nSPS) is 24.8. The highest BCUT2D eigenvalue weighted by molar-refractivity contribution is 5.69. The number of ether oxygens (including phenoxy) is 3. The number of methoxy groups -OCH3 is 1.